The monoisotopic (exact) mass is 160 g/mol. The molecule has 4 nitrogen and oxygen atoms in total. The summed E-state index contributed by atoms with van der Waals surface area (Å²) in [5.74, 6) is -0.512. The van der Waals surface area contributed by atoms with Gasteiger partial charge in [-0.2, -0.15) is 0 Å². The van der Waals surface area contributed by atoms with Gasteiger partial charge in [-0.15, -0.1) is 0 Å². The number of nitrogens with one attached hydrogen (secondary N) is 1. The maximum atomic E-state index is 10.7. The van der Waals surface area contributed by atoms with Gasteiger partial charge in [0, 0.05) is 0 Å². The lowest BCUT2D eigenvalue weighted by atomic mass is 10.5. The van der Waals surface area contributed by atoms with Gasteiger partial charge in [-0.25, -0.2) is 9.78 Å². The van der Waals surface area contributed by atoms with Crippen molar-refractivity contribution in [2.75, 3.05) is 7.11 Å². The molecule has 0 amide bonds. The maximum Gasteiger partial charge on any atom is 0.357 e. The van der Waals surface area contributed by atoms with Crippen molar-refractivity contribution in [3.63, 3.8) is 0 Å². The largest absolute Gasteiger partial charge is 0.464 e. The van der Waals surface area contributed by atoms with E-state index in [2.05, 4.69) is 14.7 Å². The molecule has 0 bridgehead atoms. The summed E-state index contributed by atoms with van der Waals surface area (Å²) in [6, 6.07) is 0. The van der Waals surface area contributed by atoms with Crippen LogP contribution in [-0.2, 0) is 4.74 Å². The van der Waals surface area contributed by atoms with E-state index in [0.29, 0.717) is 0 Å². The molecule has 0 aliphatic heterocycles. The van der Waals surface area contributed by atoms with E-state index in [1.54, 1.807) is 0 Å². The maximum absolute atomic E-state index is 10.7. The molecule has 0 saturated heterocycles. The number of carbonyl (C=O) groups excluding carboxylic acids is 1. The summed E-state index contributed by atoms with van der Waals surface area (Å²) >= 11 is 5.47. The van der Waals surface area contributed by atoms with Crippen LogP contribution in [0.4, 0.5) is 0 Å². The lowest BCUT2D eigenvalue weighted by Crippen LogP contribution is -2.01. The van der Waals surface area contributed by atoms with Crippen molar-refractivity contribution in [1.82, 2.24) is 9.97 Å². The standard InChI is InChI=1S/C5H5ClN2O2/c1-10-5(9)3-4(6)8-2-7-3/h2H,1H3,(H,7,8). The smallest absolute Gasteiger partial charge is 0.357 e. The molecule has 0 atom stereocenters. The number of ether oxygens (including phenoxy) is 1. The van der Waals surface area contributed by atoms with Crippen LogP contribution in [0.15, 0.2) is 6.33 Å². The third-order valence-electron chi connectivity index (χ3n) is 0.983. The van der Waals surface area contributed by atoms with Crippen molar-refractivity contribution in [3.8, 4) is 0 Å². The molecule has 5 heteroatoms. The van der Waals surface area contributed by atoms with Gasteiger partial charge in [0.1, 0.15) is 0 Å². The third kappa shape index (κ3) is 1.11. The highest BCUT2D eigenvalue weighted by atomic mass is 35.5. The molecule has 10 heavy (non-hydrogen) atoms. The lowest BCUT2D eigenvalue weighted by molar-refractivity contribution is 0.0595. The Kier molecular flexibility index (Phi) is 1.91. The van der Waals surface area contributed by atoms with E-state index < -0.39 is 5.97 Å². The molecule has 1 aromatic heterocycles. The van der Waals surface area contributed by atoms with E-state index in [1.807, 2.05) is 0 Å². The Balaban J connectivity index is 2.93. The number of halogens is 1. The number of hydrogen-bond donors (Lipinski definition) is 1. The Morgan fingerprint density at radius 1 is 1.90 bits per heavy atom. The van der Waals surface area contributed by atoms with Gasteiger partial charge in [0.05, 0.1) is 13.4 Å². The van der Waals surface area contributed by atoms with Gasteiger partial charge in [-0.1, -0.05) is 11.6 Å². The predicted octanol–water partition coefficient (Wildman–Crippen LogP) is 0.850. The van der Waals surface area contributed by atoms with Crippen molar-refractivity contribution >= 4 is 17.6 Å². The summed E-state index contributed by atoms with van der Waals surface area (Å²) in [6.07, 6.45) is 1.33. The highest BCUT2D eigenvalue weighted by molar-refractivity contribution is 6.32. The fourth-order valence-corrected chi connectivity index (χ4v) is 0.703. The molecular formula is C5H5ClN2O2. The molecule has 0 fully saturated rings. The molecule has 1 heterocycles. The Hall–Kier alpha value is -1.03. The molecule has 1 rings (SSSR count). The van der Waals surface area contributed by atoms with E-state index >= 15 is 0 Å². The summed E-state index contributed by atoms with van der Waals surface area (Å²) in [7, 11) is 1.28. The summed E-state index contributed by atoms with van der Waals surface area (Å²) in [5.41, 5.74) is 0.184. The number of methoxy groups -OCH3 is 1. The first-order valence-electron chi connectivity index (χ1n) is 2.53. The molecule has 0 radical (unpaired) electrons. The van der Waals surface area contributed by atoms with Gasteiger partial charge in [0.15, 0.2) is 10.8 Å². The topological polar surface area (TPSA) is 55.0 Å². The number of hydrogen-bond acceptors (Lipinski definition) is 3. The van der Waals surface area contributed by atoms with Crippen LogP contribution in [0, 0.1) is 0 Å². The van der Waals surface area contributed by atoms with E-state index in [0.717, 1.165) is 0 Å². The van der Waals surface area contributed by atoms with Gasteiger partial charge in [-0.05, 0) is 0 Å². The van der Waals surface area contributed by atoms with Crippen LogP contribution in [-0.4, -0.2) is 23.0 Å². The summed E-state index contributed by atoms with van der Waals surface area (Å²) in [4.78, 5) is 16.9. The quantitative estimate of drug-likeness (QED) is 0.620. The van der Waals surface area contributed by atoms with Gasteiger partial charge in [0.2, 0.25) is 0 Å². The Labute approximate surface area is 62.2 Å². The molecular weight excluding hydrogens is 156 g/mol. The van der Waals surface area contributed by atoms with Crippen LogP contribution in [0.3, 0.4) is 0 Å². The van der Waals surface area contributed by atoms with Crippen LogP contribution < -0.4 is 0 Å². The predicted molar refractivity (Wildman–Crippen MR) is 34.9 cm³/mol. The second-order valence-corrected chi connectivity index (χ2v) is 1.92. The summed E-state index contributed by atoms with van der Waals surface area (Å²) in [5, 5.41) is 0.131. The number of imidazole rings is 1. The zero-order valence-electron chi connectivity index (χ0n) is 5.22. The van der Waals surface area contributed by atoms with Crippen molar-refractivity contribution in [2.24, 2.45) is 0 Å². The number of H-pyrrole nitrogens is 1. The Morgan fingerprint density at radius 3 is 3.00 bits per heavy atom. The second kappa shape index (κ2) is 2.70. The van der Waals surface area contributed by atoms with Crippen LogP contribution >= 0.6 is 11.6 Å². The normalized spacial score (nSPS) is 9.40. The van der Waals surface area contributed by atoms with Gasteiger partial charge in [0.25, 0.3) is 0 Å². The zero-order valence-corrected chi connectivity index (χ0v) is 5.97. The first kappa shape index (κ1) is 7.08. The Morgan fingerprint density at radius 2 is 2.60 bits per heavy atom. The average molecular weight is 161 g/mol. The number of aromatic amines is 1. The van der Waals surface area contributed by atoms with Crippen molar-refractivity contribution in [3.05, 3.63) is 17.2 Å². The molecule has 0 spiro atoms. The van der Waals surface area contributed by atoms with Crippen LogP contribution in [0.1, 0.15) is 10.5 Å². The highest BCUT2D eigenvalue weighted by Crippen LogP contribution is 2.09. The van der Waals surface area contributed by atoms with Crippen molar-refractivity contribution in [1.29, 1.82) is 0 Å². The van der Waals surface area contributed by atoms with Crippen molar-refractivity contribution < 1.29 is 9.53 Å². The fraction of sp³-hybridized carbons (Fsp3) is 0.200. The van der Waals surface area contributed by atoms with Gasteiger partial charge >= 0.3 is 5.97 Å². The van der Waals surface area contributed by atoms with E-state index in [1.165, 1.54) is 13.4 Å². The van der Waals surface area contributed by atoms with Crippen LogP contribution in [0.25, 0.3) is 0 Å². The number of esters is 1. The number of rotatable bonds is 1. The molecule has 54 valence electrons. The molecule has 0 aliphatic carbocycles. The van der Waals surface area contributed by atoms with Crippen LogP contribution in [0.2, 0.25) is 5.15 Å². The third-order valence-corrected chi connectivity index (χ3v) is 1.27. The minimum atomic E-state index is -0.512. The molecule has 0 saturated carbocycles. The van der Waals surface area contributed by atoms with Crippen LogP contribution in [0.5, 0.6) is 0 Å². The van der Waals surface area contributed by atoms with E-state index in [9.17, 15) is 4.79 Å². The lowest BCUT2D eigenvalue weighted by Gasteiger charge is -1.92. The first-order valence-corrected chi connectivity index (χ1v) is 2.90. The highest BCUT2D eigenvalue weighted by Gasteiger charge is 2.11. The minimum Gasteiger partial charge on any atom is -0.464 e. The second-order valence-electron chi connectivity index (χ2n) is 1.56. The van der Waals surface area contributed by atoms with Gasteiger partial charge < -0.3 is 9.72 Å². The van der Waals surface area contributed by atoms with E-state index in [4.69, 9.17) is 11.6 Å². The SMILES string of the molecule is COC(=O)c1[nH]cnc1Cl. The fourth-order valence-electron chi connectivity index (χ4n) is 0.523. The molecule has 0 aromatic carbocycles. The molecule has 1 N–H and O–H groups in total. The first-order chi connectivity index (χ1) is 4.75. The number of aromatic nitrogens is 2. The van der Waals surface area contributed by atoms with Gasteiger partial charge in [-0.3, -0.25) is 0 Å². The minimum absolute atomic E-state index is 0.131. The molecule has 0 aliphatic rings. The Bertz CT molecular complexity index is 246. The zero-order chi connectivity index (χ0) is 7.56. The summed E-state index contributed by atoms with van der Waals surface area (Å²) < 4.78 is 4.38. The molecule has 0 unspecified atom stereocenters. The number of nitrogens with zero attached hydrogens (tertiary/aromatic N) is 1. The van der Waals surface area contributed by atoms with Crippen molar-refractivity contribution in [2.45, 2.75) is 0 Å². The molecule has 1 aromatic rings. The number of carbonyl (C=O) groups is 1. The summed E-state index contributed by atoms with van der Waals surface area (Å²) in [6.45, 7) is 0. The van der Waals surface area contributed by atoms with E-state index in [-0.39, 0.29) is 10.8 Å². The average Bonchev–Trinajstić information content (AvgIpc) is 2.34.